The summed E-state index contributed by atoms with van der Waals surface area (Å²) in [7, 11) is -3.93. The van der Waals surface area contributed by atoms with E-state index < -0.39 is 22.2 Å². The first-order chi connectivity index (χ1) is 13.2. The molecule has 0 saturated carbocycles. The highest BCUT2D eigenvalue weighted by atomic mass is 28.4. The monoisotopic (exact) mass is 435 g/mol. The molecule has 0 bridgehead atoms. The number of benzene rings is 1. The Morgan fingerprint density at radius 3 is 2.17 bits per heavy atom. The van der Waals surface area contributed by atoms with Crippen molar-refractivity contribution < 1.29 is 18.8 Å². The Balaban J connectivity index is 2.04. The zero-order valence-electron chi connectivity index (χ0n) is 19.3. The maximum Gasteiger partial charge on any atom is 0.306 e. The fraction of sp³-hybridized carbons (Fsp3) is 0.636. The number of carbonyl (C=O) groups is 2. The minimum absolute atomic E-state index is 0.0578. The van der Waals surface area contributed by atoms with Crippen molar-refractivity contribution in [1.29, 1.82) is 0 Å². The zero-order chi connectivity index (χ0) is 22.1. The molecule has 0 N–H and O–H groups in total. The molecule has 1 saturated heterocycles. The van der Waals surface area contributed by atoms with Gasteiger partial charge in [-0.1, -0.05) is 64.2 Å². The lowest BCUT2D eigenvalue weighted by molar-refractivity contribution is -0.166. The van der Waals surface area contributed by atoms with Crippen LogP contribution in [0.1, 0.15) is 39.2 Å². The first-order valence-electron chi connectivity index (χ1n) is 10.4. The Morgan fingerprint density at radius 2 is 1.69 bits per heavy atom. The van der Waals surface area contributed by atoms with E-state index in [2.05, 4.69) is 53.5 Å². The Hall–Kier alpha value is -1.45. The molecule has 1 unspecified atom stereocenters. The molecule has 1 amide bonds. The van der Waals surface area contributed by atoms with Gasteiger partial charge in [0.25, 0.3) is 0 Å². The summed E-state index contributed by atoms with van der Waals surface area (Å²) in [4.78, 5) is 25.7. The van der Waals surface area contributed by atoms with Crippen molar-refractivity contribution in [3.05, 3.63) is 35.9 Å². The molecule has 1 aromatic rings. The molecule has 162 valence electrons. The standard InChI is InChI=1S/C22H37NO4Si2/c1-21(2,3)29(7,8)23-17-22(20(23)25,27-28(4,5)6)15-14-19(24)26-16-18-12-10-9-11-13-18/h9-13H,14-17H2,1-8H3. The number of hydrogen-bond donors (Lipinski definition) is 0. The minimum atomic E-state index is -1.97. The molecular weight excluding hydrogens is 398 g/mol. The number of β-lactam (4-membered cyclic amide) rings is 1. The Kier molecular flexibility index (Phi) is 6.87. The third-order valence-corrected chi connectivity index (χ3v) is 12.4. The van der Waals surface area contributed by atoms with Gasteiger partial charge in [-0.3, -0.25) is 9.59 Å². The molecule has 1 heterocycles. The number of carbonyl (C=O) groups excluding carboxylic acids is 2. The van der Waals surface area contributed by atoms with Crippen molar-refractivity contribution in [2.24, 2.45) is 0 Å². The van der Waals surface area contributed by atoms with E-state index in [4.69, 9.17) is 9.16 Å². The van der Waals surface area contributed by atoms with Gasteiger partial charge in [0.2, 0.25) is 5.91 Å². The van der Waals surface area contributed by atoms with Gasteiger partial charge in [0.1, 0.15) is 6.61 Å². The van der Waals surface area contributed by atoms with Gasteiger partial charge in [0.05, 0.1) is 0 Å². The predicted molar refractivity (Wildman–Crippen MR) is 122 cm³/mol. The molecule has 0 radical (unpaired) electrons. The number of esters is 1. The van der Waals surface area contributed by atoms with Crippen molar-refractivity contribution in [3.63, 3.8) is 0 Å². The Morgan fingerprint density at radius 1 is 1.10 bits per heavy atom. The molecule has 1 aliphatic heterocycles. The summed E-state index contributed by atoms with van der Waals surface area (Å²) in [5, 5.41) is 0.0720. The van der Waals surface area contributed by atoms with Crippen molar-refractivity contribution in [1.82, 2.24) is 4.57 Å². The van der Waals surface area contributed by atoms with E-state index in [-0.39, 0.29) is 29.9 Å². The first-order valence-corrected chi connectivity index (χ1v) is 16.8. The minimum Gasteiger partial charge on any atom is -0.461 e. The van der Waals surface area contributed by atoms with Gasteiger partial charge in [0, 0.05) is 13.0 Å². The largest absolute Gasteiger partial charge is 0.461 e. The molecule has 7 heteroatoms. The fourth-order valence-electron chi connectivity index (χ4n) is 3.42. The second kappa shape index (κ2) is 8.36. The third kappa shape index (κ3) is 5.58. The maximum absolute atomic E-state index is 13.4. The summed E-state index contributed by atoms with van der Waals surface area (Å²) in [5.41, 5.74) is 0.0869. The highest BCUT2D eigenvalue weighted by Crippen LogP contribution is 2.45. The topological polar surface area (TPSA) is 55.8 Å². The summed E-state index contributed by atoms with van der Waals surface area (Å²) in [6.07, 6.45) is 0.573. The summed E-state index contributed by atoms with van der Waals surface area (Å²) in [6.45, 7) is 18.2. The Labute approximate surface area is 178 Å². The molecule has 5 nitrogen and oxygen atoms in total. The van der Waals surface area contributed by atoms with E-state index in [9.17, 15) is 9.59 Å². The predicted octanol–water partition coefficient (Wildman–Crippen LogP) is 4.95. The van der Waals surface area contributed by atoms with Gasteiger partial charge >= 0.3 is 5.97 Å². The van der Waals surface area contributed by atoms with Gasteiger partial charge in [-0.15, -0.1) is 0 Å². The van der Waals surface area contributed by atoms with E-state index >= 15 is 0 Å². The van der Waals surface area contributed by atoms with E-state index in [0.29, 0.717) is 13.0 Å². The lowest BCUT2D eigenvalue weighted by Crippen LogP contribution is -2.77. The molecule has 2 rings (SSSR count). The van der Waals surface area contributed by atoms with Crippen molar-refractivity contribution in [2.75, 3.05) is 6.54 Å². The number of amides is 1. The summed E-state index contributed by atoms with van der Waals surface area (Å²) in [6, 6.07) is 9.62. The van der Waals surface area contributed by atoms with Gasteiger partial charge < -0.3 is 13.7 Å². The van der Waals surface area contributed by atoms with Crippen LogP contribution in [0.4, 0.5) is 0 Å². The van der Waals surface area contributed by atoms with Crippen LogP contribution in [0, 0.1) is 0 Å². The second-order valence-electron chi connectivity index (χ2n) is 10.6. The fourth-order valence-corrected chi connectivity index (χ4v) is 7.02. The lowest BCUT2D eigenvalue weighted by Gasteiger charge is -2.59. The normalized spacial score (nSPS) is 20.4. The van der Waals surface area contributed by atoms with Crippen molar-refractivity contribution in [3.8, 4) is 0 Å². The molecular formula is C22H37NO4Si2. The van der Waals surface area contributed by atoms with Crippen LogP contribution in [0.5, 0.6) is 0 Å². The average Bonchev–Trinajstić information content (AvgIpc) is 2.60. The Bertz CT molecular complexity index is 737. The summed E-state index contributed by atoms with van der Waals surface area (Å²) < 4.78 is 13.8. The van der Waals surface area contributed by atoms with Gasteiger partial charge in [-0.05, 0) is 36.7 Å². The van der Waals surface area contributed by atoms with Gasteiger partial charge in [0.15, 0.2) is 22.2 Å². The molecule has 0 aromatic heterocycles. The smallest absolute Gasteiger partial charge is 0.306 e. The van der Waals surface area contributed by atoms with Crippen LogP contribution in [-0.2, 0) is 25.4 Å². The van der Waals surface area contributed by atoms with Crippen LogP contribution < -0.4 is 0 Å². The van der Waals surface area contributed by atoms with Crippen molar-refractivity contribution in [2.45, 2.75) is 83.6 Å². The van der Waals surface area contributed by atoms with Gasteiger partial charge in [-0.25, -0.2) is 0 Å². The van der Waals surface area contributed by atoms with E-state index in [1.54, 1.807) is 0 Å². The summed E-state index contributed by atoms with van der Waals surface area (Å²) in [5.74, 6) is -0.228. The quantitative estimate of drug-likeness (QED) is 0.329. The molecule has 1 fully saturated rings. The van der Waals surface area contributed by atoms with Crippen LogP contribution in [0.15, 0.2) is 30.3 Å². The first kappa shape index (κ1) is 23.8. The SMILES string of the molecule is CC(C)(C)[Si](C)(C)N1CC(CCC(=O)OCc2ccccc2)(O[Si](C)(C)C)C1=O. The molecule has 1 aromatic carbocycles. The van der Waals surface area contributed by atoms with Crippen LogP contribution >= 0.6 is 0 Å². The van der Waals surface area contributed by atoms with Crippen LogP contribution in [0.2, 0.25) is 37.8 Å². The zero-order valence-corrected chi connectivity index (χ0v) is 21.3. The van der Waals surface area contributed by atoms with Crippen LogP contribution in [0.25, 0.3) is 0 Å². The highest BCUT2D eigenvalue weighted by molar-refractivity contribution is 6.80. The third-order valence-electron chi connectivity index (χ3n) is 6.04. The molecule has 1 atom stereocenters. The van der Waals surface area contributed by atoms with E-state index in [1.807, 2.05) is 34.9 Å². The average molecular weight is 436 g/mol. The van der Waals surface area contributed by atoms with Crippen LogP contribution in [0.3, 0.4) is 0 Å². The highest BCUT2D eigenvalue weighted by Gasteiger charge is 2.60. The number of rotatable bonds is 8. The van der Waals surface area contributed by atoms with Crippen LogP contribution in [-0.4, -0.2) is 45.1 Å². The van der Waals surface area contributed by atoms with Gasteiger partial charge in [-0.2, -0.15) is 0 Å². The molecule has 0 aliphatic carbocycles. The molecule has 1 aliphatic rings. The number of hydrogen-bond acceptors (Lipinski definition) is 4. The summed E-state index contributed by atoms with van der Waals surface area (Å²) >= 11 is 0. The number of nitrogens with zero attached hydrogens (tertiary/aromatic N) is 1. The second-order valence-corrected chi connectivity index (χ2v) is 20.1. The van der Waals surface area contributed by atoms with E-state index in [0.717, 1.165) is 5.56 Å². The van der Waals surface area contributed by atoms with E-state index in [1.165, 1.54) is 0 Å². The lowest BCUT2D eigenvalue weighted by atomic mass is 9.90. The number of ether oxygens (including phenoxy) is 1. The molecule has 0 spiro atoms. The maximum atomic E-state index is 13.4. The van der Waals surface area contributed by atoms with Crippen molar-refractivity contribution >= 4 is 28.4 Å². The molecule has 29 heavy (non-hydrogen) atoms.